The highest BCUT2D eigenvalue weighted by atomic mass is 79.9. The fourth-order valence-corrected chi connectivity index (χ4v) is 1.86. The Morgan fingerprint density at radius 1 is 1.15 bits per heavy atom. The molecular weight excluding hydrogens is 296 g/mol. The fraction of sp³-hybridized carbons (Fsp3) is 0.111. The summed E-state index contributed by atoms with van der Waals surface area (Å²) in [6.07, 6.45) is 0.338. The Morgan fingerprint density at radius 2 is 1.85 bits per heavy atom. The second-order valence-electron chi connectivity index (χ2n) is 2.35. The average Bonchev–Trinajstić information content (AvgIpc) is 2.14. The van der Waals surface area contributed by atoms with E-state index in [9.17, 15) is 0 Å². The first-order valence-corrected chi connectivity index (χ1v) is 5.03. The van der Waals surface area contributed by atoms with Gasteiger partial charge in [-0.25, -0.2) is 0 Å². The quantitative estimate of drug-likeness (QED) is 0.800. The van der Waals surface area contributed by atoms with E-state index in [0.29, 0.717) is 16.5 Å². The third kappa shape index (κ3) is 2.09. The topological polar surface area (TPSA) is 47.6 Å². The first-order valence-electron chi connectivity index (χ1n) is 3.44. The molecule has 2 nitrogen and oxygen atoms in total. The molecular formula is C9H4Br2N2. The van der Waals surface area contributed by atoms with Crippen LogP contribution in [-0.2, 0) is 6.42 Å². The Kier molecular flexibility index (Phi) is 3.48. The van der Waals surface area contributed by atoms with Crippen LogP contribution in [0.2, 0.25) is 0 Å². The lowest BCUT2D eigenvalue weighted by molar-refractivity contribution is 1.23. The monoisotopic (exact) mass is 298 g/mol. The van der Waals surface area contributed by atoms with E-state index in [4.69, 9.17) is 10.5 Å². The summed E-state index contributed by atoms with van der Waals surface area (Å²) in [6, 6.07) is 7.57. The highest BCUT2D eigenvalue weighted by molar-refractivity contribution is 9.13. The van der Waals surface area contributed by atoms with Gasteiger partial charge in [-0.2, -0.15) is 10.5 Å². The zero-order chi connectivity index (χ0) is 9.84. The van der Waals surface area contributed by atoms with Gasteiger partial charge in [0.25, 0.3) is 0 Å². The normalized spacial score (nSPS) is 8.92. The van der Waals surface area contributed by atoms with Crippen LogP contribution >= 0.6 is 31.9 Å². The maximum absolute atomic E-state index is 8.70. The van der Waals surface area contributed by atoms with Crippen LogP contribution in [0.4, 0.5) is 0 Å². The van der Waals surface area contributed by atoms with Gasteiger partial charge in [0.15, 0.2) is 0 Å². The summed E-state index contributed by atoms with van der Waals surface area (Å²) in [5.74, 6) is 0. The van der Waals surface area contributed by atoms with Crippen molar-refractivity contribution in [2.24, 2.45) is 0 Å². The fourth-order valence-electron chi connectivity index (χ4n) is 0.897. The van der Waals surface area contributed by atoms with E-state index in [1.807, 2.05) is 6.07 Å². The van der Waals surface area contributed by atoms with Crippen LogP contribution in [0.5, 0.6) is 0 Å². The van der Waals surface area contributed by atoms with Gasteiger partial charge in [0.05, 0.1) is 18.1 Å². The van der Waals surface area contributed by atoms with Crippen molar-refractivity contribution < 1.29 is 0 Å². The van der Waals surface area contributed by atoms with Crippen LogP contribution in [0.25, 0.3) is 0 Å². The van der Waals surface area contributed by atoms with Gasteiger partial charge in [0.2, 0.25) is 0 Å². The zero-order valence-electron chi connectivity index (χ0n) is 6.51. The van der Waals surface area contributed by atoms with Gasteiger partial charge < -0.3 is 0 Å². The molecule has 13 heavy (non-hydrogen) atoms. The summed E-state index contributed by atoms with van der Waals surface area (Å²) in [7, 11) is 0. The molecule has 4 heteroatoms. The predicted molar refractivity (Wildman–Crippen MR) is 55.9 cm³/mol. The molecule has 0 saturated heterocycles. The molecule has 0 N–H and O–H groups in total. The molecule has 0 saturated carbocycles. The van der Waals surface area contributed by atoms with Crippen molar-refractivity contribution in [3.63, 3.8) is 0 Å². The van der Waals surface area contributed by atoms with Crippen LogP contribution in [-0.4, -0.2) is 0 Å². The van der Waals surface area contributed by atoms with Crippen LogP contribution in [0.3, 0.4) is 0 Å². The number of halogens is 2. The molecule has 0 aliphatic heterocycles. The Balaban J connectivity index is 3.27. The Bertz CT molecular complexity index is 413. The van der Waals surface area contributed by atoms with Crippen LogP contribution in [0.1, 0.15) is 11.1 Å². The smallest absolute Gasteiger partial charge is 0.100 e. The maximum atomic E-state index is 8.70. The maximum Gasteiger partial charge on any atom is 0.100 e. The van der Waals surface area contributed by atoms with Crippen LogP contribution in [0, 0.1) is 22.7 Å². The predicted octanol–water partition coefficient (Wildman–Crippen LogP) is 3.15. The van der Waals surface area contributed by atoms with Gasteiger partial charge in [0, 0.05) is 8.95 Å². The number of nitrogens with zero attached hydrogens (tertiary/aromatic N) is 2. The molecule has 0 amide bonds. The summed E-state index contributed by atoms with van der Waals surface area (Å²) < 4.78 is 1.50. The van der Waals surface area contributed by atoms with Crippen molar-refractivity contribution in [3.8, 4) is 12.1 Å². The highest BCUT2D eigenvalue weighted by Gasteiger charge is 2.07. The molecule has 0 aliphatic carbocycles. The van der Waals surface area contributed by atoms with Crippen molar-refractivity contribution >= 4 is 31.9 Å². The van der Waals surface area contributed by atoms with Crippen LogP contribution < -0.4 is 0 Å². The molecule has 1 aromatic rings. The number of benzene rings is 1. The lowest BCUT2D eigenvalue weighted by Crippen LogP contribution is -1.87. The van der Waals surface area contributed by atoms with Crippen LogP contribution in [0.15, 0.2) is 21.1 Å². The zero-order valence-corrected chi connectivity index (χ0v) is 9.68. The molecule has 0 radical (unpaired) electrons. The average molecular weight is 300 g/mol. The van der Waals surface area contributed by atoms with E-state index < -0.39 is 0 Å². The molecule has 1 aromatic carbocycles. The lowest BCUT2D eigenvalue weighted by Gasteiger charge is -2.03. The molecule has 0 aromatic heterocycles. The minimum absolute atomic E-state index is 0.338. The standard InChI is InChI=1S/C9H4Br2N2/c10-8-6(3-4-12)1-2-7(5-13)9(8)11/h1-2H,3H2. The summed E-state index contributed by atoms with van der Waals surface area (Å²) >= 11 is 6.61. The molecule has 0 unspecified atom stereocenters. The third-order valence-electron chi connectivity index (χ3n) is 1.55. The van der Waals surface area contributed by atoms with Crippen molar-refractivity contribution in [1.29, 1.82) is 10.5 Å². The van der Waals surface area contributed by atoms with E-state index in [1.165, 1.54) is 0 Å². The summed E-state index contributed by atoms with van der Waals surface area (Å²) in [5, 5.41) is 17.2. The van der Waals surface area contributed by atoms with Gasteiger partial charge in [-0.05, 0) is 43.5 Å². The molecule has 64 valence electrons. The first-order chi connectivity index (χ1) is 6.20. The second-order valence-corrected chi connectivity index (χ2v) is 3.93. The minimum atomic E-state index is 0.338. The van der Waals surface area contributed by atoms with Crippen molar-refractivity contribution in [1.82, 2.24) is 0 Å². The van der Waals surface area contributed by atoms with E-state index >= 15 is 0 Å². The number of rotatable bonds is 1. The van der Waals surface area contributed by atoms with Gasteiger partial charge in [-0.15, -0.1) is 0 Å². The molecule has 0 heterocycles. The molecule has 0 spiro atoms. The number of hydrogen-bond donors (Lipinski definition) is 0. The lowest BCUT2D eigenvalue weighted by atomic mass is 10.1. The summed E-state index contributed by atoms with van der Waals surface area (Å²) in [4.78, 5) is 0. The van der Waals surface area contributed by atoms with Gasteiger partial charge in [-0.1, -0.05) is 6.07 Å². The Labute approximate surface area is 93.0 Å². The summed E-state index contributed by atoms with van der Waals surface area (Å²) in [5.41, 5.74) is 1.45. The molecule has 0 fully saturated rings. The van der Waals surface area contributed by atoms with Crippen molar-refractivity contribution in [2.75, 3.05) is 0 Å². The highest BCUT2D eigenvalue weighted by Crippen LogP contribution is 2.30. The van der Waals surface area contributed by atoms with Gasteiger partial charge in [-0.3, -0.25) is 0 Å². The number of nitriles is 2. The van der Waals surface area contributed by atoms with Crippen molar-refractivity contribution in [2.45, 2.75) is 6.42 Å². The van der Waals surface area contributed by atoms with E-state index in [2.05, 4.69) is 37.9 Å². The Hall–Kier alpha value is -0.840. The third-order valence-corrected chi connectivity index (χ3v) is 3.81. The Morgan fingerprint density at radius 3 is 2.38 bits per heavy atom. The molecule has 0 atom stereocenters. The number of hydrogen-bond acceptors (Lipinski definition) is 2. The first kappa shape index (κ1) is 10.2. The van der Waals surface area contributed by atoms with Crippen molar-refractivity contribution in [3.05, 3.63) is 32.2 Å². The van der Waals surface area contributed by atoms with Gasteiger partial charge in [0.1, 0.15) is 6.07 Å². The molecule has 1 rings (SSSR count). The van der Waals surface area contributed by atoms with E-state index in [1.54, 1.807) is 12.1 Å². The summed E-state index contributed by atoms with van der Waals surface area (Å²) in [6.45, 7) is 0. The van der Waals surface area contributed by atoms with E-state index in [-0.39, 0.29) is 0 Å². The van der Waals surface area contributed by atoms with Gasteiger partial charge >= 0.3 is 0 Å². The molecule has 0 aliphatic rings. The van der Waals surface area contributed by atoms with E-state index in [0.717, 1.165) is 10.0 Å². The molecule has 0 bridgehead atoms. The minimum Gasteiger partial charge on any atom is -0.198 e. The second kappa shape index (κ2) is 4.41. The SMILES string of the molecule is N#CCc1ccc(C#N)c(Br)c1Br. The largest absolute Gasteiger partial charge is 0.198 e.